The zero-order valence-electron chi connectivity index (χ0n) is 17.4. The number of carbonyl (C=O) groups is 1. The van der Waals surface area contributed by atoms with Crippen LogP contribution in [0, 0.1) is 0 Å². The monoisotopic (exact) mass is 383 g/mol. The summed E-state index contributed by atoms with van der Waals surface area (Å²) in [5.74, 6) is 0.358. The Hall–Kier alpha value is -2.33. The summed E-state index contributed by atoms with van der Waals surface area (Å²) in [4.78, 5) is 14.6. The van der Waals surface area contributed by atoms with Crippen LogP contribution >= 0.6 is 0 Å². The van der Waals surface area contributed by atoms with Gasteiger partial charge in [0.1, 0.15) is 12.4 Å². The van der Waals surface area contributed by atoms with Crippen molar-refractivity contribution in [3.8, 4) is 5.75 Å². The van der Waals surface area contributed by atoms with E-state index in [4.69, 9.17) is 9.47 Å². The van der Waals surface area contributed by atoms with Crippen LogP contribution in [0.25, 0.3) is 0 Å². The fourth-order valence-corrected chi connectivity index (χ4v) is 3.02. The fourth-order valence-electron chi connectivity index (χ4n) is 3.02. The zero-order chi connectivity index (χ0) is 20.2. The molecule has 0 N–H and O–H groups in total. The first-order chi connectivity index (χ1) is 13.6. The maximum absolute atomic E-state index is 12.6. The Morgan fingerprint density at radius 3 is 2.32 bits per heavy atom. The molecule has 0 aromatic heterocycles. The highest BCUT2D eigenvalue weighted by atomic mass is 16.5. The molecule has 0 radical (unpaired) electrons. The molecule has 0 amide bonds. The van der Waals surface area contributed by atoms with Gasteiger partial charge in [0.2, 0.25) is 0 Å². The third kappa shape index (κ3) is 7.73. The van der Waals surface area contributed by atoms with Crippen molar-refractivity contribution in [2.75, 3.05) is 27.2 Å². The van der Waals surface area contributed by atoms with Crippen molar-refractivity contribution in [3.63, 3.8) is 0 Å². The molecule has 0 aliphatic heterocycles. The molecule has 0 aliphatic carbocycles. The first kappa shape index (κ1) is 22.0. The first-order valence-electron chi connectivity index (χ1n) is 10.2. The largest absolute Gasteiger partial charge is 0.489 e. The number of likely N-dealkylation sites (N-methyl/N-ethyl adjacent to an activating group) is 1. The van der Waals surface area contributed by atoms with E-state index in [2.05, 4.69) is 6.92 Å². The standard InChI is InChI=1S/C24H33NO3/c1-4-5-6-10-17-27-24(26)23(18-25(2)3)21-13-15-22(16-14-21)28-19-20-11-8-7-9-12-20/h7-9,11-16,23H,4-6,10,17-19H2,1-3H3. The van der Waals surface area contributed by atoms with Crippen molar-refractivity contribution in [1.29, 1.82) is 0 Å². The Morgan fingerprint density at radius 1 is 0.964 bits per heavy atom. The van der Waals surface area contributed by atoms with E-state index in [-0.39, 0.29) is 11.9 Å². The molecule has 0 bridgehead atoms. The minimum absolute atomic E-state index is 0.150. The molecular weight excluding hydrogens is 350 g/mol. The number of benzene rings is 2. The minimum Gasteiger partial charge on any atom is -0.489 e. The van der Waals surface area contributed by atoms with Crippen LogP contribution in [-0.2, 0) is 16.1 Å². The molecule has 0 aliphatic rings. The summed E-state index contributed by atoms with van der Waals surface area (Å²) in [5.41, 5.74) is 2.09. The lowest BCUT2D eigenvalue weighted by Gasteiger charge is -2.20. The lowest BCUT2D eigenvalue weighted by atomic mass is 9.98. The Bertz CT molecular complexity index is 683. The molecule has 152 valence electrons. The lowest BCUT2D eigenvalue weighted by molar-refractivity contribution is -0.146. The molecular formula is C24H33NO3. The van der Waals surface area contributed by atoms with Gasteiger partial charge in [-0.15, -0.1) is 0 Å². The average Bonchev–Trinajstić information content (AvgIpc) is 2.71. The SMILES string of the molecule is CCCCCCOC(=O)C(CN(C)C)c1ccc(OCc2ccccc2)cc1. The smallest absolute Gasteiger partial charge is 0.314 e. The van der Waals surface area contributed by atoms with E-state index in [9.17, 15) is 4.79 Å². The molecule has 4 heteroatoms. The summed E-state index contributed by atoms with van der Waals surface area (Å²) >= 11 is 0. The van der Waals surface area contributed by atoms with Gasteiger partial charge in [0.15, 0.2) is 0 Å². The predicted molar refractivity (Wildman–Crippen MR) is 114 cm³/mol. The third-order valence-electron chi connectivity index (χ3n) is 4.61. The van der Waals surface area contributed by atoms with Crippen molar-refractivity contribution in [2.24, 2.45) is 0 Å². The second-order valence-electron chi connectivity index (χ2n) is 7.39. The summed E-state index contributed by atoms with van der Waals surface area (Å²) in [7, 11) is 3.94. The van der Waals surface area contributed by atoms with E-state index < -0.39 is 0 Å². The Balaban J connectivity index is 1.93. The van der Waals surface area contributed by atoms with Gasteiger partial charge in [-0.3, -0.25) is 4.79 Å². The number of ether oxygens (including phenoxy) is 2. The number of unbranched alkanes of at least 4 members (excludes halogenated alkanes) is 3. The van der Waals surface area contributed by atoms with Crippen LogP contribution in [0.15, 0.2) is 54.6 Å². The minimum atomic E-state index is -0.288. The van der Waals surface area contributed by atoms with Crippen molar-refractivity contribution < 1.29 is 14.3 Å². The van der Waals surface area contributed by atoms with Gasteiger partial charge in [0, 0.05) is 6.54 Å². The molecule has 0 heterocycles. The molecule has 2 aromatic carbocycles. The van der Waals surface area contributed by atoms with Gasteiger partial charge in [-0.25, -0.2) is 0 Å². The number of carbonyl (C=O) groups excluding carboxylic acids is 1. The molecule has 0 fully saturated rings. The highest BCUT2D eigenvalue weighted by molar-refractivity contribution is 5.78. The Labute approximate surface area is 169 Å². The van der Waals surface area contributed by atoms with Gasteiger partial charge in [-0.05, 0) is 43.8 Å². The molecule has 0 spiro atoms. The van der Waals surface area contributed by atoms with Crippen molar-refractivity contribution in [3.05, 3.63) is 65.7 Å². The Kier molecular flexibility index (Phi) is 9.56. The Morgan fingerprint density at radius 2 is 1.68 bits per heavy atom. The van der Waals surface area contributed by atoms with Crippen LogP contribution in [0.2, 0.25) is 0 Å². The number of rotatable bonds is 12. The molecule has 28 heavy (non-hydrogen) atoms. The van der Waals surface area contributed by atoms with E-state index in [1.54, 1.807) is 0 Å². The van der Waals surface area contributed by atoms with Crippen LogP contribution in [0.5, 0.6) is 5.75 Å². The first-order valence-corrected chi connectivity index (χ1v) is 10.2. The fraction of sp³-hybridized carbons (Fsp3) is 0.458. The van der Waals surface area contributed by atoms with Gasteiger partial charge in [0.05, 0.1) is 12.5 Å². The van der Waals surface area contributed by atoms with E-state index in [0.717, 1.165) is 29.7 Å². The molecule has 1 atom stereocenters. The van der Waals surface area contributed by atoms with Crippen molar-refractivity contribution in [2.45, 2.75) is 45.1 Å². The van der Waals surface area contributed by atoms with E-state index in [0.29, 0.717) is 19.8 Å². The third-order valence-corrected chi connectivity index (χ3v) is 4.61. The summed E-state index contributed by atoms with van der Waals surface area (Å²) in [5, 5.41) is 0. The molecule has 2 aromatic rings. The predicted octanol–water partition coefficient (Wildman–Crippen LogP) is 5.03. The topological polar surface area (TPSA) is 38.8 Å². The van der Waals surface area contributed by atoms with Crippen LogP contribution in [0.1, 0.15) is 49.7 Å². The number of esters is 1. The van der Waals surface area contributed by atoms with Crippen molar-refractivity contribution in [1.82, 2.24) is 4.90 Å². The van der Waals surface area contributed by atoms with Gasteiger partial charge in [0.25, 0.3) is 0 Å². The maximum atomic E-state index is 12.6. The molecule has 1 unspecified atom stereocenters. The summed E-state index contributed by atoms with van der Waals surface area (Å²) in [6.45, 7) is 3.83. The molecule has 0 saturated heterocycles. The molecule has 0 saturated carbocycles. The van der Waals surface area contributed by atoms with Crippen LogP contribution < -0.4 is 4.74 Å². The lowest BCUT2D eigenvalue weighted by Crippen LogP contribution is -2.28. The van der Waals surface area contributed by atoms with E-state index in [1.807, 2.05) is 73.6 Å². The quantitative estimate of drug-likeness (QED) is 0.380. The number of hydrogen-bond acceptors (Lipinski definition) is 4. The summed E-state index contributed by atoms with van der Waals surface area (Å²) < 4.78 is 11.4. The van der Waals surface area contributed by atoms with Gasteiger partial charge in [-0.2, -0.15) is 0 Å². The molecule has 2 rings (SSSR count). The second kappa shape index (κ2) is 12.2. The van der Waals surface area contributed by atoms with Crippen LogP contribution in [0.3, 0.4) is 0 Å². The summed E-state index contributed by atoms with van der Waals surface area (Å²) in [6.07, 6.45) is 4.40. The zero-order valence-corrected chi connectivity index (χ0v) is 17.4. The average molecular weight is 384 g/mol. The van der Waals surface area contributed by atoms with Gasteiger partial charge < -0.3 is 14.4 Å². The van der Waals surface area contributed by atoms with Crippen LogP contribution in [-0.4, -0.2) is 38.1 Å². The summed E-state index contributed by atoms with van der Waals surface area (Å²) in [6, 6.07) is 17.9. The van der Waals surface area contributed by atoms with Gasteiger partial charge >= 0.3 is 5.97 Å². The van der Waals surface area contributed by atoms with Crippen LogP contribution in [0.4, 0.5) is 0 Å². The second-order valence-corrected chi connectivity index (χ2v) is 7.39. The number of nitrogens with zero attached hydrogens (tertiary/aromatic N) is 1. The number of hydrogen-bond donors (Lipinski definition) is 0. The van der Waals surface area contributed by atoms with E-state index >= 15 is 0 Å². The van der Waals surface area contributed by atoms with Crippen molar-refractivity contribution >= 4 is 5.97 Å². The normalized spacial score (nSPS) is 12.0. The highest BCUT2D eigenvalue weighted by Gasteiger charge is 2.23. The highest BCUT2D eigenvalue weighted by Crippen LogP contribution is 2.22. The molecule has 4 nitrogen and oxygen atoms in total. The van der Waals surface area contributed by atoms with Gasteiger partial charge in [-0.1, -0.05) is 68.7 Å². The maximum Gasteiger partial charge on any atom is 0.314 e. The van der Waals surface area contributed by atoms with E-state index in [1.165, 1.54) is 12.8 Å².